The number of hydrogen-bond donors (Lipinski definition) is 4. The van der Waals surface area contributed by atoms with Crippen LogP contribution in [0, 0.1) is 27.7 Å². The van der Waals surface area contributed by atoms with E-state index in [9.17, 15) is 0 Å². The van der Waals surface area contributed by atoms with E-state index in [4.69, 9.17) is 19.9 Å². The molecule has 0 aliphatic heterocycles. The summed E-state index contributed by atoms with van der Waals surface area (Å²) in [5.74, 6) is 3.76. The minimum atomic E-state index is 0. The fourth-order valence-electron chi connectivity index (χ4n) is 6.56. The Kier molecular flexibility index (Phi) is 8.72. The van der Waals surface area contributed by atoms with Crippen LogP contribution in [0.1, 0.15) is 45.6 Å². The molecule has 0 unspecified atom stereocenters. The second-order valence-electron chi connectivity index (χ2n) is 13.2. The summed E-state index contributed by atoms with van der Waals surface area (Å²) in [4.78, 5) is 38.9. The number of fused-ring (bicyclic) bond motifs is 4. The predicted octanol–water partition coefficient (Wildman–Crippen LogP) is 6.31. The molecule has 0 amide bonds. The molecule has 250 valence electrons. The average molecular weight is 655 g/mol. The van der Waals surface area contributed by atoms with Crippen LogP contribution in [0.2, 0.25) is 0 Å². The number of aromatic amines is 4. The van der Waals surface area contributed by atoms with Gasteiger partial charge in [0.15, 0.2) is 0 Å². The van der Waals surface area contributed by atoms with Gasteiger partial charge in [0.05, 0.1) is 70.3 Å². The van der Waals surface area contributed by atoms with Gasteiger partial charge in [0.25, 0.3) is 0 Å². The van der Waals surface area contributed by atoms with Crippen LogP contribution < -0.4 is 0 Å². The van der Waals surface area contributed by atoms with E-state index in [0.717, 1.165) is 80.5 Å². The average Bonchev–Trinajstić information content (AvgIpc) is 3.83. The third kappa shape index (κ3) is 7.09. The van der Waals surface area contributed by atoms with Crippen LogP contribution in [0.15, 0.2) is 72.8 Å². The molecule has 0 spiro atoms. The zero-order valence-corrected chi connectivity index (χ0v) is 28.4. The van der Waals surface area contributed by atoms with E-state index < -0.39 is 0 Å². The molecule has 0 bridgehead atoms. The summed E-state index contributed by atoms with van der Waals surface area (Å²) >= 11 is 0. The lowest BCUT2D eigenvalue weighted by Gasteiger charge is -2.26. The Hall–Kier alpha value is -5.36. The van der Waals surface area contributed by atoms with Gasteiger partial charge in [-0.2, -0.15) is 0 Å². The Morgan fingerprint density at radius 2 is 0.653 bits per heavy atom. The maximum absolute atomic E-state index is 4.94. The maximum Gasteiger partial charge on any atom is 0.121 e. The number of aromatic nitrogens is 8. The summed E-state index contributed by atoms with van der Waals surface area (Å²) in [6, 6.07) is 25.4. The number of nitrogens with zero attached hydrogens (tertiary/aromatic N) is 6. The molecule has 0 saturated carbocycles. The van der Waals surface area contributed by atoms with Crippen LogP contribution in [-0.2, 0) is 26.2 Å². The molecule has 8 rings (SSSR count). The third-order valence-electron chi connectivity index (χ3n) is 8.97. The first-order valence-electron chi connectivity index (χ1n) is 16.6. The summed E-state index contributed by atoms with van der Waals surface area (Å²) < 4.78 is 0. The smallest absolute Gasteiger partial charge is 0.121 e. The van der Waals surface area contributed by atoms with E-state index in [1.807, 2.05) is 0 Å². The number of benzene rings is 4. The zero-order valence-electron chi connectivity index (χ0n) is 28.4. The van der Waals surface area contributed by atoms with Crippen molar-refractivity contribution in [1.82, 2.24) is 49.7 Å². The second kappa shape index (κ2) is 13.3. The summed E-state index contributed by atoms with van der Waals surface area (Å²) in [5.41, 5.74) is 13.0. The largest absolute Gasteiger partial charge is 0.412 e. The molecule has 6 N–H and O–H groups in total. The Bertz CT molecular complexity index is 2060. The van der Waals surface area contributed by atoms with E-state index in [1.54, 1.807) is 0 Å². The van der Waals surface area contributed by atoms with Crippen molar-refractivity contribution in [3.05, 3.63) is 118 Å². The van der Waals surface area contributed by atoms with E-state index in [-0.39, 0.29) is 5.48 Å². The lowest BCUT2D eigenvalue weighted by atomic mass is 10.2. The normalized spacial score (nSPS) is 12.0. The number of aryl methyl sites for hydroxylation is 4. The third-order valence-corrected chi connectivity index (χ3v) is 8.97. The van der Waals surface area contributed by atoms with Gasteiger partial charge in [-0.1, -0.05) is 24.3 Å². The summed E-state index contributed by atoms with van der Waals surface area (Å²) in [6.45, 7) is 12.6. The van der Waals surface area contributed by atoms with Crippen molar-refractivity contribution in [2.45, 2.75) is 53.9 Å². The number of H-pyrrole nitrogens is 4. The summed E-state index contributed by atoms with van der Waals surface area (Å²) in [6.07, 6.45) is 0. The van der Waals surface area contributed by atoms with Crippen LogP contribution in [0.25, 0.3) is 44.1 Å². The van der Waals surface area contributed by atoms with Crippen LogP contribution in [0.4, 0.5) is 0 Å². The minimum absolute atomic E-state index is 0. The summed E-state index contributed by atoms with van der Waals surface area (Å²) in [5, 5.41) is 0. The Morgan fingerprint density at radius 1 is 0.408 bits per heavy atom. The highest BCUT2D eigenvalue weighted by molar-refractivity contribution is 5.77. The number of hydrogen-bond acceptors (Lipinski definition) is 6. The van der Waals surface area contributed by atoms with Crippen LogP contribution in [-0.4, -0.2) is 68.2 Å². The van der Waals surface area contributed by atoms with Crippen molar-refractivity contribution >= 4 is 44.1 Å². The quantitative estimate of drug-likeness (QED) is 0.128. The molecule has 4 heterocycles. The van der Waals surface area contributed by atoms with E-state index in [0.29, 0.717) is 26.2 Å². The minimum Gasteiger partial charge on any atom is -0.412 e. The molecule has 0 aliphatic rings. The van der Waals surface area contributed by atoms with E-state index in [2.05, 4.69) is 130 Å². The molecule has 4 aromatic heterocycles. The highest BCUT2D eigenvalue weighted by Gasteiger charge is 2.18. The van der Waals surface area contributed by atoms with Gasteiger partial charge in [-0.05, 0) is 98.5 Å². The van der Waals surface area contributed by atoms with Crippen molar-refractivity contribution in [2.24, 2.45) is 0 Å². The van der Waals surface area contributed by atoms with Gasteiger partial charge in [-0.25, -0.2) is 19.9 Å². The van der Waals surface area contributed by atoms with Gasteiger partial charge in [0.2, 0.25) is 0 Å². The lowest BCUT2D eigenvalue weighted by molar-refractivity contribution is 0.174. The van der Waals surface area contributed by atoms with Gasteiger partial charge >= 0.3 is 0 Å². The highest BCUT2D eigenvalue weighted by atomic mass is 16.0. The van der Waals surface area contributed by atoms with Crippen molar-refractivity contribution in [1.29, 1.82) is 0 Å². The molecule has 0 aliphatic carbocycles. The predicted molar refractivity (Wildman–Crippen MR) is 195 cm³/mol. The highest BCUT2D eigenvalue weighted by Crippen LogP contribution is 2.20. The number of rotatable bonds is 11. The van der Waals surface area contributed by atoms with E-state index >= 15 is 0 Å². The molecule has 0 atom stereocenters. The first-order valence-corrected chi connectivity index (χ1v) is 16.6. The maximum atomic E-state index is 4.94. The fraction of sp³-hybridized carbons (Fsp3) is 0.263. The van der Waals surface area contributed by atoms with Gasteiger partial charge in [-0.15, -0.1) is 0 Å². The Balaban J connectivity index is 0.00000378. The van der Waals surface area contributed by atoms with E-state index in [1.165, 1.54) is 22.3 Å². The molecule has 8 aromatic rings. The molecule has 49 heavy (non-hydrogen) atoms. The molecule has 0 saturated heterocycles. The van der Waals surface area contributed by atoms with Crippen molar-refractivity contribution in [2.75, 3.05) is 13.1 Å². The first kappa shape index (κ1) is 32.2. The SMILES string of the molecule is Cc1ccc2nc(CN(CCN(Cc3nc4ccc(C)cc4[nH]3)Cc3nc4ccc(C)cc4[nH]3)Cc3nc4ccc(C)cc4[nH]3)[nH]c2c1.O. The lowest BCUT2D eigenvalue weighted by Crippen LogP contribution is -2.35. The fourth-order valence-corrected chi connectivity index (χ4v) is 6.56. The van der Waals surface area contributed by atoms with Crippen LogP contribution in [0.5, 0.6) is 0 Å². The van der Waals surface area contributed by atoms with Crippen LogP contribution in [0.3, 0.4) is 0 Å². The number of imidazole rings is 4. The van der Waals surface area contributed by atoms with Gasteiger partial charge in [-0.3, -0.25) is 9.80 Å². The van der Waals surface area contributed by atoms with Crippen molar-refractivity contribution in [3.8, 4) is 0 Å². The topological polar surface area (TPSA) is 153 Å². The zero-order chi connectivity index (χ0) is 32.8. The van der Waals surface area contributed by atoms with Gasteiger partial charge < -0.3 is 25.4 Å². The molecule has 0 radical (unpaired) electrons. The standard InChI is InChI=1S/C38H40N10.H2O/c1-23-5-9-27-31(15-23)43-35(39-27)19-47(20-36-40-28-10-6-24(2)16-32(28)44-36)13-14-48(21-37-41-29-11-7-25(3)17-33(29)45-37)22-38-42-30-12-8-26(4)18-34(30)46-38;/h5-12,15-18H,13-14,19-22H2,1-4H3,(H,39,43)(H,40,44)(H,41,45)(H,42,46);1H2. The monoisotopic (exact) mass is 654 g/mol. The molecule has 11 nitrogen and oxygen atoms in total. The second-order valence-corrected chi connectivity index (χ2v) is 13.2. The van der Waals surface area contributed by atoms with Gasteiger partial charge in [0.1, 0.15) is 23.3 Å². The van der Waals surface area contributed by atoms with Crippen molar-refractivity contribution in [3.63, 3.8) is 0 Å². The molecule has 11 heteroatoms. The number of nitrogens with one attached hydrogen (secondary N) is 4. The summed E-state index contributed by atoms with van der Waals surface area (Å²) in [7, 11) is 0. The molecule has 4 aromatic carbocycles. The van der Waals surface area contributed by atoms with Crippen molar-refractivity contribution < 1.29 is 5.48 Å². The molecular formula is C38H42N10O. The molecule has 0 fully saturated rings. The Morgan fingerprint density at radius 3 is 0.898 bits per heavy atom. The molecular weight excluding hydrogens is 612 g/mol. The first-order chi connectivity index (χ1) is 23.3. The van der Waals surface area contributed by atoms with Crippen LogP contribution >= 0.6 is 0 Å². The van der Waals surface area contributed by atoms with Gasteiger partial charge in [0, 0.05) is 13.1 Å². The Labute approximate surface area is 284 Å².